The van der Waals surface area contributed by atoms with E-state index in [1.54, 1.807) is 13.8 Å². The minimum Gasteiger partial charge on any atom is -0.378 e. The van der Waals surface area contributed by atoms with Gasteiger partial charge < -0.3 is 69.5 Å². The number of alkyl halides is 5. The third-order valence-corrected chi connectivity index (χ3v) is 27.2. The highest BCUT2D eigenvalue weighted by atomic mass is 32.2. The van der Waals surface area contributed by atoms with E-state index in [0.29, 0.717) is 69.0 Å². The first kappa shape index (κ1) is 87.5. The fourth-order valence-corrected chi connectivity index (χ4v) is 20.3. The normalized spacial score (nSPS) is 33.4. The van der Waals surface area contributed by atoms with Gasteiger partial charge in [0.15, 0.2) is 0 Å². The van der Waals surface area contributed by atoms with Gasteiger partial charge in [0, 0.05) is 86.7 Å². The predicted molar refractivity (Wildman–Crippen MR) is 400 cm³/mol. The van der Waals surface area contributed by atoms with E-state index in [1.807, 2.05) is 32.5 Å². The van der Waals surface area contributed by atoms with E-state index in [0.717, 1.165) is 36.3 Å². The van der Waals surface area contributed by atoms with E-state index in [1.165, 1.54) is 81.5 Å². The monoisotopic (exact) mass is 1580 g/mol. The van der Waals surface area contributed by atoms with Gasteiger partial charge in [0.25, 0.3) is 0 Å². The van der Waals surface area contributed by atoms with Crippen molar-refractivity contribution in [2.24, 2.45) is 41.4 Å². The highest BCUT2D eigenvalue weighted by Gasteiger charge is 2.56. The van der Waals surface area contributed by atoms with Gasteiger partial charge >= 0.3 is 6.18 Å². The lowest BCUT2D eigenvalue weighted by Gasteiger charge is -2.47. The molecule has 4 saturated carbocycles. The lowest BCUT2D eigenvalue weighted by Crippen LogP contribution is -2.68. The average molecular weight is 1580 g/mol. The second-order valence-corrected chi connectivity index (χ2v) is 34.9. The fraction of sp³-hybridized carbons (Fsp3) is 0.846. The van der Waals surface area contributed by atoms with Gasteiger partial charge in [-0.25, -0.2) is 8.78 Å². The van der Waals surface area contributed by atoms with Gasteiger partial charge in [-0.05, 0) is 157 Å². The summed E-state index contributed by atoms with van der Waals surface area (Å²) in [6.45, 7) is 8.42. The summed E-state index contributed by atoms with van der Waals surface area (Å²) in [6.07, 6.45) is -4.91. The Morgan fingerprint density at radius 3 is 1.92 bits per heavy atom. The molecule has 1 spiro atoms. The van der Waals surface area contributed by atoms with Crippen LogP contribution in [0.4, 0.5) is 22.0 Å². The van der Waals surface area contributed by atoms with Crippen molar-refractivity contribution in [1.82, 2.24) is 60.0 Å². The van der Waals surface area contributed by atoms with Crippen LogP contribution in [0.25, 0.3) is 0 Å². The lowest BCUT2D eigenvalue weighted by atomic mass is 9.74. The first-order valence-electron chi connectivity index (χ1n) is 40.6. The number of ether oxygens (including phenoxy) is 2. The van der Waals surface area contributed by atoms with Gasteiger partial charge in [-0.2, -0.15) is 24.9 Å². The van der Waals surface area contributed by atoms with Gasteiger partial charge in [0.2, 0.25) is 70.9 Å². The molecule has 9 rings (SSSR count). The number of fused-ring (bicyclic) bond motifs is 4. The molecule has 5 aliphatic heterocycles. The maximum Gasteiger partial charge on any atom is 0.397 e. The zero-order valence-electron chi connectivity index (χ0n) is 66.5. The smallest absolute Gasteiger partial charge is 0.378 e. The first-order chi connectivity index (χ1) is 52.1. The molecule has 4 aliphatic carbocycles. The SMILES string of the molecule is CCO[C@@H]1C[C@H]2C(=O)NC3(CCC3)C(=O)N(C)[C@@H](C3CCCC3)C(=O)N(C)[C@H](C(=O)N3CCOCC3)CC(=O)N(C)[C@@H](CC(C)C)C(=O)N[C@@H]([C@@H](C)CC)C(=O)N(C)CC(=O)N(C)[C@H]3CCCCCN(C3=O)[C@@H](CC3CCC4SCCC4C3)C(=O)N(C)CC(=O)N[C@@H](CCC3CC(F)C(C(F)(F)F)C(F)C3)C(=O)N2C1. The number of rotatable bonds is 13. The molecule has 0 aromatic carbocycles. The molecule has 9 fully saturated rings. The first-order valence-corrected chi connectivity index (χ1v) is 41.7. The van der Waals surface area contributed by atoms with E-state index in [9.17, 15) is 27.6 Å². The Bertz CT molecular complexity index is 3260. The molecule has 0 aromatic rings. The number of morpholine rings is 1. The van der Waals surface area contributed by atoms with Crippen molar-refractivity contribution in [2.75, 3.05) is 107 Å². The van der Waals surface area contributed by atoms with Crippen LogP contribution in [-0.4, -0.2) is 306 Å². The molecule has 12 amide bonds. The molecule has 0 radical (unpaired) electrons. The summed E-state index contributed by atoms with van der Waals surface area (Å²) in [6, 6.07) is -10.5. The highest BCUT2D eigenvalue weighted by molar-refractivity contribution is 8.00. The molecule has 9 aliphatic rings. The number of hydrogen-bond donors (Lipinski definition) is 3. The average Bonchev–Trinajstić information content (AvgIpc) is 1.14. The molecule has 0 aromatic heterocycles. The van der Waals surface area contributed by atoms with Crippen molar-refractivity contribution in [2.45, 2.75) is 272 Å². The zero-order chi connectivity index (χ0) is 80.4. The molecule has 5 saturated heterocycles. The highest BCUT2D eigenvalue weighted by Crippen LogP contribution is 2.47. The van der Waals surface area contributed by atoms with E-state index >= 15 is 51.9 Å². The molecule has 5 heterocycles. The van der Waals surface area contributed by atoms with Gasteiger partial charge in [0.05, 0.1) is 38.8 Å². The summed E-state index contributed by atoms with van der Waals surface area (Å²) in [5.41, 5.74) is -1.65. The van der Waals surface area contributed by atoms with Crippen molar-refractivity contribution in [3.05, 3.63) is 0 Å². The maximum atomic E-state index is 15.8. The van der Waals surface area contributed by atoms with Crippen LogP contribution < -0.4 is 16.0 Å². The number of nitrogens with zero attached hydrogens (tertiary/aromatic N) is 9. The molecule has 5 unspecified atom stereocenters. The molecule has 2 bridgehead atoms. The number of thioether (sulfide) groups is 1. The van der Waals surface area contributed by atoms with Crippen molar-refractivity contribution in [3.63, 3.8) is 0 Å². The van der Waals surface area contributed by atoms with Crippen LogP contribution in [0.5, 0.6) is 0 Å². The number of nitrogens with one attached hydrogen (secondary N) is 3. The Morgan fingerprint density at radius 1 is 0.627 bits per heavy atom. The summed E-state index contributed by atoms with van der Waals surface area (Å²) < 4.78 is 84.9. The van der Waals surface area contributed by atoms with E-state index in [4.69, 9.17) is 9.47 Å². The van der Waals surface area contributed by atoms with E-state index < -0.39 is 205 Å². The third-order valence-electron chi connectivity index (χ3n) is 25.6. The number of carbonyl (C=O) groups is 12. The summed E-state index contributed by atoms with van der Waals surface area (Å²) in [5, 5.41) is 9.15. The van der Waals surface area contributed by atoms with Crippen molar-refractivity contribution < 1.29 is 89.0 Å². The quantitative estimate of drug-likeness (QED) is 0.181. The largest absolute Gasteiger partial charge is 0.397 e. The lowest BCUT2D eigenvalue weighted by molar-refractivity contribution is -0.219. The van der Waals surface area contributed by atoms with E-state index in [-0.39, 0.29) is 109 Å². The number of amides is 12. The molecule has 15 atom stereocenters. The summed E-state index contributed by atoms with van der Waals surface area (Å²) in [7, 11) is 8.56. The Morgan fingerprint density at radius 2 is 1.29 bits per heavy atom. The number of carbonyl (C=O) groups excluding carboxylic acids is 12. The van der Waals surface area contributed by atoms with Crippen LogP contribution in [0.1, 0.15) is 189 Å². The zero-order valence-corrected chi connectivity index (χ0v) is 67.4. The standard InChI is InChI=1S/C78H123F5N12O14S/c1-12-47(5)66-74(105)88(7)45-64(98)89(8)56-22-15-14-18-30-94(73(56)104)60(40-48-24-26-61-51(37-48)27-35-110-61)71(102)87(6)44-62(96)84-55(25-23-49-38-53(79)65(54(80)39-49)78(81,82)83)70(101)95-43-52(109-13-2)41-58(95)69(100)86-77(28-19-29-77)76(107)92(11)67(50-20-16-17-21-50)75(106)91(10)59(72(103)93-31-33-108-34-32-93)42-63(97)90(9)57(36-46(3)4)68(99)85-66/h46-61,65-67H,12-45H2,1-11H3,(H,84,96)(H,85,99)(H,86,100)/t47-,48?,49?,51?,52+,53?,54?,55-,56-,57-,58-,59-,60-,61?,65?,66-,67-/m0/s1. The van der Waals surface area contributed by atoms with Crippen molar-refractivity contribution in [1.29, 1.82) is 0 Å². The number of likely N-dealkylation sites (N-methyl/N-ethyl adjacent to an activating group) is 6. The second kappa shape index (κ2) is 38.6. The Labute approximate surface area is 649 Å². The molecule has 110 heavy (non-hydrogen) atoms. The van der Waals surface area contributed by atoms with Crippen LogP contribution in [0.15, 0.2) is 0 Å². The fourth-order valence-electron chi connectivity index (χ4n) is 18.7. The Hall–Kier alpha value is -6.44. The van der Waals surface area contributed by atoms with Crippen LogP contribution in [0.3, 0.4) is 0 Å². The summed E-state index contributed by atoms with van der Waals surface area (Å²) in [4.78, 5) is 195. The predicted octanol–water partition coefficient (Wildman–Crippen LogP) is 5.90. The molecule has 26 nitrogen and oxygen atoms in total. The van der Waals surface area contributed by atoms with Gasteiger partial charge in [0.1, 0.15) is 72.1 Å². The van der Waals surface area contributed by atoms with Crippen LogP contribution in [0, 0.1) is 41.4 Å². The topological polar surface area (TPSA) is 289 Å². The van der Waals surface area contributed by atoms with Crippen LogP contribution in [-0.2, 0) is 67.0 Å². The van der Waals surface area contributed by atoms with Gasteiger partial charge in [-0.1, -0.05) is 59.8 Å². The Kier molecular flexibility index (Phi) is 30.7. The Balaban J connectivity index is 1.11. The van der Waals surface area contributed by atoms with Crippen LogP contribution in [0.2, 0.25) is 0 Å². The third kappa shape index (κ3) is 20.7. The molecule has 32 heteroatoms. The maximum absolute atomic E-state index is 15.8. The summed E-state index contributed by atoms with van der Waals surface area (Å²) in [5.74, 6) is -11.9. The molecule has 620 valence electrons. The number of hydrogen-bond acceptors (Lipinski definition) is 15. The minimum absolute atomic E-state index is 0.0258. The van der Waals surface area contributed by atoms with Gasteiger partial charge in [-0.3, -0.25) is 57.5 Å². The summed E-state index contributed by atoms with van der Waals surface area (Å²) >= 11 is 1.93. The number of halogens is 5. The van der Waals surface area contributed by atoms with Gasteiger partial charge in [-0.15, -0.1) is 0 Å². The minimum atomic E-state index is -5.17. The molecular weight excluding hydrogens is 1460 g/mol. The van der Waals surface area contributed by atoms with E-state index in [2.05, 4.69) is 16.0 Å². The molecule has 3 N–H and O–H groups in total. The van der Waals surface area contributed by atoms with Crippen LogP contribution >= 0.6 is 11.8 Å². The molecular formula is C78H123F5N12O14S. The van der Waals surface area contributed by atoms with Crippen molar-refractivity contribution >= 4 is 82.6 Å². The second-order valence-electron chi connectivity index (χ2n) is 33.6. The van der Waals surface area contributed by atoms with Crippen molar-refractivity contribution in [3.8, 4) is 0 Å².